The van der Waals surface area contributed by atoms with E-state index < -0.39 is 33.5 Å². The number of hydrogen-bond acceptors (Lipinski definition) is 3. The Balaban J connectivity index is 4.73. The minimum absolute atomic E-state index is 0.139. The van der Waals surface area contributed by atoms with Crippen molar-refractivity contribution >= 4 is 28.4 Å². The van der Waals surface area contributed by atoms with Crippen LogP contribution in [0, 0.1) is 0 Å². The van der Waals surface area contributed by atoms with Crippen LogP contribution >= 0.6 is 24.0 Å². The molecule has 0 fully saturated rings. The second-order valence-corrected chi connectivity index (χ2v) is 4.51. The molecule has 0 rings (SSSR count). The van der Waals surface area contributed by atoms with Gasteiger partial charge in [0.1, 0.15) is 0 Å². The maximum atomic E-state index is 12.7. The lowest BCUT2D eigenvalue weighted by Crippen LogP contribution is -2.50. The molecule has 0 aromatic heterocycles. The molecule has 0 heterocycles. The molecule has 0 amide bonds. The number of rotatable bonds is 4. The monoisotopic (exact) mass is 304 g/mol. The molecule has 0 saturated carbocycles. The van der Waals surface area contributed by atoms with Gasteiger partial charge in [-0.15, -0.1) is 0 Å². The molecule has 102 valence electrons. The Bertz CT molecular complexity index is 276. The number of ether oxygens (including phenoxy) is 1. The summed E-state index contributed by atoms with van der Waals surface area (Å²) in [7, 11) is 0. The van der Waals surface area contributed by atoms with E-state index in [9.17, 15) is 30.7 Å². The highest BCUT2D eigenvalue weighted by Crippen LogP contribution is 2.52. The lowest BCUT2D eigenvalue weighted by Gasteiger charge is -2.27. The molecule has 0 aliphatic rings. The minimum atomic E-state index is -6.36. The van der Waals surface area contributed by atoms with Crippen molar-refractivity contribution in [1.82, 2.24) is 0 Å². The van der Waals surface area contributed by atoms with E-state index in [0.29, 0.717) is 6.42 Å². The first-order valence-electron chi connectivity index (χ1n) is 4.14. The van der Waals surface area contributed by atoms with Crippen molar-refractivity contribution in [3.8, 4) is 0 Å². The zero-order valence-electron chi connectivity index (χ0n) is 8.28. The fourth-order valence-corrected chi connectivity index (χ4v) is 1.54. The third-order valence-corrected chi connectivity index (χ3v) is 2.52. The number of hydrogen-bond donors (Lipinski definition) is 0. The summed E-state index contributed by atoms with van der Waals surface area (Å²) >= 11 is 3.00. The van der Waals surface area contributed by atoms with Gasteiger partial charge in [-0.3, -0.25) is 0 Å². The Morgan fingerprint density at radius 1 is 1.12 bits per heavy atom. The van der Waals surface area contributed by atoms with Crippen molar-refractivity contribution in [1.29, 1.82) is 0 Å². The van der Waals surface area contributed by atoms with Crippen LogP contribution in [-0.2, 0) is 4.74 Å². The molecule has 0 bridgehead atoms. The predicted octanol–water partition coefficient (Wildman–Crippen LogP) is 4.22. The minimum Gasteiger partial charge on any atom is -0.478 e. The summed E-state index contributed by atoms with van der Waals surface area (Å²) in [4.78, 5) is 0. The van der Waals surface area contributed by atoms with E-state index in [0.717, 1.165) is 0 Å². The van der Waals surface area contributed by atoms with Gasteiger partial charge in [-0.05, 0) is 18.6 Å². The fraction of sp³-hybridized carbons (Fsp3) is 0.857. The molecule has 0 N–H and O–H groups in total. The molecular weight excluding hydrogens is 297 g/mol. The van der Waals surface area contributed by atoms with E-state index in [1.165, 1.54) is 0 Å². The third-order valence-electron chi connectivity index (χ3n) is 1.36. The van der Waals surface area contributed by atoms with Gasteiger partial charge in [0, 0.05) is 11.8 Å². The van der Waals surface area contributed by atoms with Gasteiger partial charge in [-0.25, -0.2) is 0 Å². The van der Waals surface area contributed by atoms with Crippen LogP contribution in [0.5, 0.6) is 0 Å². The first kappa shape index (κ1) is 16.8. The summed E-state index contributed by atoms with van der Waals surface area (Å²) < 4.78 is 88.6. The van der Waals surface area contributed by atoms with Crippen molar-refractivity contribution in [3.05, 3.63) is 0 Å². The number of alkyl halides is 7. The van der Waals surface area contributed by atoms with Crippen molar-refractivity contribution in [3.63, 3.8) is 0 Å². The van der Waals surface area contributed by atoms with E-state index in [2.05, 4.69) is 17.0 Å². The Morgan fingerprint density at radius 2 is 1.59 bits per heavy atom. The van der Waals surface area contributed by atoms with Crippen molar-refractivity contribution in [2.45, 2.75) is 30.7 Å². The molecule has 0 saturated heterocycles. The van der Waals surface area contributed by atoms with Crippen molar-refractivity contribution in [2.24, 2.45) is 0 Å². The zero-order valence-corrected chi connectivity index (χ0v) is 9.92. The summed E-state index contributed by atoms with van der Waals surface area (Å²) in [5.74, 6) is -6.18. The zero-order chi connectivity index (χ0) is 13.9. The van der Waals surface area contributed by atoms with Gasteiger partial charge in [0.05, 0.1) is 6.61 Å². The number of halogens is 7. The smallest absolute Gasteiger partial charge is 0.460 e. The average Bonchev–Trinajstić information content (AvgIpc) is 2.11. The van der Waals surface area contributed by atoms with Gasteiger partial charge < -0.3 is 4.74 Å². The first-order chi connectivity index (χ1) is 7.45. The van der Waals surface area contributed by atoms with Crippen LogP contribution in [0.25, 0.3) is 0 Å². The first-order valence-corrected chi connectivity index (χ1v) is 5.36. The van der Waals surface area contributed by atoms with Crippen LogP contribution in [0.15, 0.2) is 0 Å². The maximum absolute atomic E-state index is 12.7. The Hall–Kier alpha value is -0.250. The average molecular weight is 304 g/mol. The second-order valence-electron chi connectivity index (χ2n) is 2.79. The van der Waals surface area contributed by atoms with Crippen LogP contribution in [0.2, 0.25) is 0 Å². The highest BCUT2D eigenvalue weighted by Gasteiger charge is 2.74. The summed E-state index contributed by atoms with van der Waals surface area (Å²) in [5, 5.41) is -5.41. The van der Waals surface area contributed by atoms with Crippen LogP contribution in [0.4, 0.5) is 30.7 Å². The Labute approximate surface area is 102 Å². The van der Waals surface area contributed by atoms with Crippen molar-refractivity contribution in [2.75, 3.05) is 6.61 Å². The van der Waals surface area contributed by atoms with Crippen molar-refractivity contribution < 1.29 is 35.5 Å². The molecule has 1 nitrogen and oxygen atoms in total. The lowest BCUT2D eigenvalue weighted by atomic mass is 10.3. The normalized spacial score (nSPS) is 13.6. The summed E-state index contributed by atoms with van der Waals surface area (Å²) in [6.45, 7) is 1.44. The highest BCUT2D eigenvalue weighted by molar-refractivity contribution is 8.23. The highest BCUT2D eigenvalue weighted by atomic mass is 32.2. The summed E-state index contributed by atoms with van der Waals surface area (Å²) in [6, 6.07) is 0. The topological polar surface area (TPSA) is 9.23 Å². The van der Waals surface area contributed by atoms with Gasteiger partial charge in [-0.2, -0.15) is 30.7 Å². The number of thioether (sulfide) groups is 1. The predicted molar refractivity (Wildman–Crippen MR) is 52.4 cm³/mol. The van der Waals surface area contributed by atoms with Crippen LogP contribution in [0.1, 0.15) is 13.3 Å². The third kappa shape index (κ3) is 4.16. The quantitative estimate of drug-likeness (QED) is 0.568. The maximum Gasteiger partial charge on any atom is 0.460 e. The van der Waals surface area contributed by atoms with Gasteiger partial charge in [0.2, 0.25) is 4.38 Å². The molecule has 0 radical (unpaired) electrons. The fourth-order valence-electron chi connectivity index (χ4n) is 0.549. The lowest BCUT2D eigenvalue weighted by molar-refractivity contribution is -0.330. The van der Waals surface area contributed by atoms with E-state index in [4.69, 9.17) is 0 Å². The molecular formula is C7H7F7OS2. The van der Waals surface area contributed by atoms with Gasteiger partial charge in [0.25, 0.3) is 0 Å². The molecule has 17 heavy (non-hydrogen) atoms. The Kier molecular flexibility index (Phi) is 5.51. The largest absolute Gasteiger partial charge is 0.478 e. The van der Waals surface area contributed by atoms with E-state index in [1.54, 1.807) is 6.92 Å². The molecule has 0 aromatic rings. The Morgan fingerprint density at radius 3 is 1.94 bits per heavy atom. The van der Waals surface area contributed by atoms with E-state index in [1.807, 2.05) is 0 Å². The van der Waals surface area contributed by atoms with E-state index in [-0.39, 0.29) is 6.61 Å². The van der Waals surface area contributed by atoms with Crippen LogP contribution in [-0.4, -0.2) is 28.3 Å². The number of thiocarbonyl (C=S) groups is 1. The summed E-state index contributed by atoms with van der Waals surface area (Å²) in [6.07, 6.45) is -6.01. The molecule has 0 aliphatic carbocycles. The van der Waals surface area contributed by atoms with Gasteiger partial charge in [-0.1, -0.05) is 6.92 Å². The molecule has 0 aliphatic heterocycles. The van der Waals surface area contributed by atoms with Crippen LogP contribution in [0.3, 0.4) is 0 Å². The molecule has 0 unspecified atom stereocenters. The molecule has 0 spiro atoms. The summed E-state index contributed by atoms with van der Waals surface area (Å²) in [5.41, 5.74) is 0. The molecule has 0 atom stereocenters. The molecule has 0 aromatic carbocycles. The van der Waals surface area contributed by atoms with Crippen LogP contribution < -0.4 is 0 Å². The standard InChI is InChI=1S/C7H7F7OS2/c1-2-3-15-4(16)17-7(13,14)5(8,9)6(10,11)12/h2-3H2,1H3. The molecule has 10 heteroatoms. The SMILES string of the molecule is CCCOC(=S)SC(F)(F)C(F)(F)C(F)(F)F. The van der Waals surface area contributed by atoms with Gasteiger partial charge in [0.15, 0.2) is 0 Å². The van der Waals surface area contributed by atoms with E-state index >= 15 is 0 Å². The second kappa shape index (κ2) is 5.59. The van der Waals surface area contributed by atoms with Gasteiger partial charge >= 0.3 is 17.4 Å².